The first-order valence-corrected chi connectivity index (χ1v) is 19.3. The van der Waals surface area contributed by atoms with Crippen LogP contribution in [0.15, 0.2) is 213 Å². The van der Waals surface area contributed by atoms with Crippen molar-refractivity contribution in [2.75, 3.05) is 0 Å². The lowest BCUT2D eigenvalue weighted by molar-refractivity contribution is 1.07. The van der Waals surface area contributed by atoms with E-state index in [1.54, 1.807) is 12.4 Å². The smallest absolute Gasteiger partial charge is 0.164 e. The normalized spacial score (nSPS) is 11.1. The molecule has 7 aromatic carbocycles. The SMILES string of the molecule is c1ccc(-c2ccc(-c3cc(-c4nc(-c5ccc(-c6cccnc6)cc5)nc(-c5ccc(-c6cccnc6)cc5)n4)cc(-c4cccc5ccccc45)c3)cc2)cc1. The third-order valence-electron chi connectivity index (χ3n) is 10.5. The van der Waals surface area contributed by atoms with Crippen LogP contribution in [0.25, 0.3) is 101 Å². The summed E-state index contributed by atoms with van der Waals surface area (Å²) in [6.45, 7) is 0. The lowest BCUT2D eigenvalue weighted by Crippen LogP contribution is -2.01. The summed E-state index contributed by atoms with van der Waals surface area (Å²) in [5.74, 6) is 1.79. The number of hydrogen-bond acceptors (Lipinski definition) is 5. The molecule has 0 saturated carbocycles. The minimum atomic E-state index is 0.594. The van der Waals surface area contributed by atoms with E-state index in [9.17, 15) is 0 Å². The van der Waals surface area contributed by atoms with Crippen LogP contribution in [0.5, 0.6) is 0 Å². The summed E-state index contributed by atoms with van der Waals surface area (Å²) in [6, 6.07) is 65.7. The van der Waals surface area contributed by atoms with Gasteiger partial charge in [-0.2, -0.15) is 0 Å². The van der Waals surface area contributed by atoms with Gasteiger partial charge >= 0.3 is 0 Å². The van der Waals surface area contributed by atoms with Crippen molar-refractivity contribution in [3.05, 3.63) is 213 Å². The third-order valence-corrected chi connectivity index (χ3v) is 10.5. The Labute approximate surface area is 337 Å². The first-order chi connectivity index (χ1) is 28.7. The second-order valence-corrected chi connectivity index (χ2v) is 14.2. The Morgan fingerprint density at radius 3 is 1.24 bits per heavy atom. The zero-order chi connectivity index (χ0) is 38.7. The summed E-state index contributed by atoms with van der Waals surface area (Å²) in [5.41, 5.74) is 13.7. The maximum absolute atomic E-state index is 5.21. The number of benzene rings is 7. The summed E-state index contributed by atoms with van der Waals surface area (Å²) in [7, 11) is 0. The summed E-state index contributed by atoms with van der Waals surface area (Å²) in [5, 5.41) is 2.38. The number of hydrogen-bond donors (Lipinski definition) is 0. The van der Waals surface area contributed by atoms with Crippen molar-refractivity contribution in [3.63, 3.8) is 0 Å². The van der Waals surface area contributed by atoms with Gasteiger partial charge in [0.05, 0.1) is 0 Å². The predicted octanol–water partition coefficient (Wildman–Crippen LogP) is 13.2. The molecular formula is C53H35N5. The molecule has 0 bridgehead atoms. The van der Waals surface area contributed by atoms with Crippen LogP contribution >= 0.6 is 0 Å². The molecule has 0 N–H and O–H groups in total. The standard InChI is InChI=1S/C53H35N5/c1-2-9-36(10-3-1)37-17-19-40(20-18-37)46-31-47(50-16-6-12-41-11-4-5-15-49(41)50)33-48(32-46)53-57-51(42-25-21-38(22-26-42)44-13-7-29-54-34-44)56-52(58-53)43-27-23-39(24-28-43)45-14-8-30-55-35-45/h1-35H. The third kappa shape index (κ3) is 7.04. The number of fused-ring (bicyclic) bond motifs is 1. The van der Waals surface area contributed by atoms with E-state index in [0.717, 1.165) is 61.2 Å². The predicted molar refractivity (Wildman–Crippen MR) is 236 cm³/mol. The van der Waals surface area contributed by atoms with Gasteiger partial charge in [-0.3, -0.25) is 9.97 Å². The quantitative estimate of drug-likeness (QED) is 0.155. The molecule has 0 aliphatic carbocycles. The van der Waals surface area contributed by atoms with E-state index < -0.39 is 0 Å². The zero-order valence-electron chi connectivity index (χ0n) is 31.4. The van der Waals surface area contributed by atoms with Gasteiger partial charge < -0.3 is 0 Å². The lowest BCUT2D eigenvalue weighted by Gasteiger charge is -2.14. The van der Waals surface area contributed by atoms with E-state index in [2.05, 4.69) is 180 Å². The molecule has 0 fully saturated rings. The highest BCUT2D eigenvalue weighted by atomic mass is 15.0. The maximum atomic E-state index is 5.21. The maximum Gasteiger partial charge on any atom is 0.164 e. The minimum absolute atomic E-state index is 0.594. The van der Waals surface area contributed by atoms with Gasteiger partial charge in [-0.1, -0.05) is 158 Å². The molecule has 0 aliphatic heterocycles. The van der Waals surface area contributed by atoms with Crippen LogP contribution in [0.3, 0.4) is 0 Å². The van der Waals surface area contributed by atoms with Gasteiger partial charge in [0, 0.05) is 41.5 Å². The molecule has 0 aliphatic rings. The van der Waals surface area contributed by atoms with Crippen molar-refractivity contribution < 1.29 is 0 Å². The zero-order valence-corrected chi connectivity index (χ0v) is 31.4. The fourth-order valence-corrected chi connectivity index (χ4v) is 7.50. The summed E-state index contributed by atoms with van der Waals surface area (Å²) < 4.78 is 0. The van der Waals surface area contributed by atoms with E-state index in [1.807, 2.05) is 30.6 Å². The highest BCUT2D eigenvalue weighted by Gasteiger charge is 2.16. The Hall–Kier alpha value is -7.89. The van der Waals surface area contributed by atoms with Crippen molar-refractivity contribution >= 4 is 10.8 Å². The molecule has 10 rings (SSSR count). The number of pyridine rings is 2. The largest absolute Gasteiger partial charge is 0.264 e. The first-order valence-electron chi connectivity index (χ1n) is 19.3. The van der Waals surface area contributed by atoms with Gasteiger partial charge in [-0.15, -0.1) is 0 Å². The van der Waals surface area contributed by atoms with Crippen molar-refractivity contribution in [1.29, 1.82) is 0 Å². The molecule has 0 amide bonds. The van der Waals surface area contributed by atoms with E-state index in [1.165, 1.54) is 21.9 Å². The Balaban J connectivity index is 1.14. The first kappa shape index (κ1) is 34.6. The van der Waals surface area contributed by atoms with E-state index in [0.29, 0.717) is 17.5 Å². The van der Waals surface area contributed by atoms with Gasteiger partial charge in [0.1, 0.15) is 0 Å². The molecule has 10 aromatic rings. The number of aromatic nitrogens is 5. The van der Waals surface area contributed by atoms with E-state index in [-0.39, 0.29) is 0 Å². The van der Waals surface area contributed by atoms with Crippen LogP contribution < -0.4 is 0 Å². The van der Waals surface area contributed by atoms with Crippen molar-refractivity contribution in [2.24, 2.45) is 0 Å². The highest BCUT2D eigenvalue weighted by Crippen LogP contribution is 2.37. The second-order valence-electron chi connectivity index (χ2n) is 14.2. The molecule has 0 atom stereocenters. The van der Waals surface area contributed by atoms with Crippen LogP contribution in [0, 0.1) is 0 Å². The van der Waals surface area contributed by atoms with Crippen LogP contribution in [0.2, 0.25) is 0 Å². The molecule has 0 radical (unpaired) electrons. The fraction of sp³-hybridized carbons (Fsp3) is 0. The Morgan fingerprint density at radius 2 is 0.672 bits per heavy atom. The molecule has 5 nitrogen and oxygen atoms in total. The van der Waals surface area contributed by atoms with Gasteiger partial charge in [0.25, 0.3) is 0 Å². The molecular weight excluding hydrogens is 707 g/mol. The second kappa shape index (κ2) is 15.3. The molecule has 0 unspecified atom stereocenters. The van der Waals surface area contributed by atoms with Gasteiger partial charge in [0.15, 0.2) is 17.5 Å². The fourth-order valence-electron chi connectivity index (χ4n) is 7.50. The highest BCUT2D eigenvalue weighted by molar-refractivity contribution is 5.98. The molecule has 0 saturated heterocycles. The summed E-state index contributed by atoms with van der Waals surface area (Å²) >= 11 is 0. The van der Waals surface area contributed by atoms with Crippen molar-refractivity contribution in [1.82, 2.24) is 24.9 Å². The summed E-state index contributed by atoms with van der Waals surface area (Å²) in [6.07, 6.45) is 7.32. The topological polar surface area (TPSA) is 64.5 Å². The Kier molecular flexibility index (Phi) is 9.14. The number of rotatable bonds is 8. The lowest BCUT2D eigenvalue weighted by atomic mass is 9.92. The van der Waals surface area contributed by atoms with Gasteiger partial charge in [0.2, 0.25) is 0 Å². The van der Waals surface area contributed by atoms with Crippen LogP contribution in [0.4, 0.5) is 0 Å². The van der Waals surface area contributed by atoms with Crippen LogP contribution in [-0.2, 0) is 0 Å². The van der Waals surface area contributed by atoms with Crippen LogP contribution in [-0.4, -0.2) is 24.9 Å². The monoisotopic (exact) mass is 741 g/mol. The van der Waals surface area contributed by atoms with E-state index >= 15 is 0 Å². The number of nitrogens with zero attached hydrogens (tertiary/aromatic N) is 5. The minimum Gasteiger partial charge on any atom is -0.264 e. The molecule has 272 valence electrons. The molecule has 3 heterocycles. The molecule has 0 spiro atoms. The van der Waals surface area contributed by atoms with Crippen molar-refractivity contribution in [3.8, 4) is 89.8 Å². The Morgan fingerprint density at radius 1 is 0.259 bits per heavy atom. The van der Waals surface area contributed by atoms with Crippen LogP contribution in [0.1, 0.15) is 0 Å². The molecule has 3 aromatic heterocycles. The average Bonchev–Trinajstić information content (AvgIpc) is 3.32. The molecule has 58 heavy (non-hydrogen) atoms. The van der Waals surface area contributed by atoms with Gasteiger partial charge in [-0.25, -0.2) is 15.0 Å². The van der Waals surface area contributed by atoms with E-state index in [4.69, 9.17) is 15.0 Å². The van der Waals surface area contributed by atoms with Gasteiger partial charge in [-0.05, 0) is 96.7 Å². The molecule has 5 heteroatoms. The average molecular weight is 742 g/mol. The Bertz CT molecular complexity index is 2900. The van der Waals surface area contributed by atoms with Crippen molar-refractivity contribution in [2.45, 2.75) is 0 Å². The summed E-state index contributed by atoms with van der Waals surface area (Å²) in [4.78, 5) is 24.1.